The minimum absolute atomic E-state index is 0. The Balaban J connectivity index is 0.00000144. The summed E-state index contributed by atoms with van der Waals surface area (Å²) < 4.78 is 5.31. The summed E-state index contributed by atoms with van der Waals surface area (Å²) in [4.78, 5) is 0. The van der Waals surface area contributed by atoms with Gasteiger partial charge in [0, 0.05) is 11.6 Å². The molecule has 0 aromatic heterocycles. The van der Waals surface area contributed by atoms with Crippen molar-refractivity contribution in [2.45, 2.75) is 6.92 Å². The van der Waals surface area contributed by atoms with Crippen LogP contribution in [-0.2, 0) is 0 Å². The first-order chi connectivity index (χ1) is 5.72. The van der Waals surface area contributed by atoms with Gasteiger partial charge in [0.1, 0.15) is 12.4 Å². The van der Waals surface area contributed by atoms with E-state index in [4.69, 9.17) is 22.1 Å². The van der Waals surface area contributed by atoms with E-state index in [0.717, 1.165) is 11.3 Å². The molecule has 0 aliphatic rings. The molecule has 1 aromatic carbocycles. The molecule has 0 fully saturated rings. The van der Waals surface area contributed by atoms with Gasteiger partial charge in [0.2, 0.25) is 0 Å². The van der Waals surface area contributed by atoms with Gasteiger partial charge in [-0.2, -0.15) is 0 Å². The van der Waals surface area contributed by atoms with E-state index in [-0.39, 0.29) is 12.4 Å². The van der Waals surface area contributed by atoms with Crippen LogP contribution >= 0.6 is 24.0 Å². The summed E-state index contributed by atoms with van der Waals surface area (Å²) in [5.41, 5.74) is 6.39. The number of rotatable bonds is 3. The molecule has 0 spiro atoms. The molecular formula is C9H13Cl2NO. The van der Waals surface area contributed by atoms with Crippen molar-refractivity contribution in [2.75, 3.05) is 13.2 Å². The number of ether oxygens (including phenoxy) is 1. The highest BCUT2D eigenvalue weighted by Crippen LogP contribution is 2.20. The molecule has 0 aliphatic heterocycles. The van der Waals surface area contributed by atoms with Crippen molar-refractivity contribution in [3.63, 3.8) is 0 Å². The van der Waals surface area contributed by atoms with Crippen LogP contribution in [0.15, 0.2) is 18.2 Å². The van der Waals surface area contributed by atoms with Crippen LogP contribution in [0, 0.1) is 6.92 Å². The molecule has 2 nitrogen and oxygen atoms in total. The van der Waals surface area contributed by atoms with Crippen molar-refractivity contribution in [1.82, 2.24) is 0 Å². The monoisotopic (exact) mass is 221 g/mol. The zero-order valence-corrected chi connectivity index (χ0v) is 8.99. The van der Waals surface area contributed by atoms with Crippen LogP contribution in [0.2, 0.25) is 5.02 Å². The predicted molar refractivity (Wildman–Crippen MR) is 58.0 cm³/mol. The van der Waals surface area contributed by atoms with Gasteiger partial charge in [-0.3, -0.25) is 0 Å². The van der Waals surface area contributed by atoms with Crippen LogP contribution in [0.4, 0.5) is 0 Å². The average molecular weight is 222 g/mol. The molecule has 0 radical (unpaired) electrons. The molecule has 0 amide bonds. The maximum absolute atomic E-state index is 5.82. The lowest BCUT2D eigenvalue weighted by Gasteiger charge is -2.05. The molecule has 0 bridgehead atoms. The summed E-state index contributed by atoms with van der Waals surface area (Å²) >= 11 is 5.82. The average Bonchev–Trinajstić information content (AvgIpc) is 1.99. The lowest BCUT2D eigenvalue weighted by Crippen LogP contribution is -2.10. The highest BCUT2D eigenvalue weighted by Gasteiger charge is 1.96. The summed E-state index contributed by atoms with van der Waals surface area (Å²) in [6.07, 6.45) is 0. The van der Waals surface area contributed by atoms with Gasteiger partial charge in [0.25, 0.3) is 0 Å². The fraction of sp³-hybridized carbons (Fsp3) is 0.333. The molecule has 0 aliphatic carbocycles. The van der Waals surface area contributed by atoms with Crippen LogP contribution < -0.4 is 10.5 Å². The Morgan fingerprint density at radius 3 is 2.62 bits per heavy atom. The van der Waals surface area contributed by atoms with E-state index in [1.807, 2.05) is 19.1 Å². The molecule has 1 rings (SSSR count). The van der Waals surface area contributed by atoms with Crippen molar-refractivity contribution >= 4 is 24.0 Å². The quantitative estimate of drug-likeness (QED) is 0.852. The molecule has 2 N–H and O–H groups in total. The second-order valence-electron chi connectivity index (χ2n) is 2.60. The maximum Gasteiger partial charge on any atom is 0.121 e. The maximum atomic E-state index is 5.82. The van der Waals surface area contributed by atoms with E-state index < -0.39 is 0 Å². The van der Waals surface area contributed by atoms with Crippen LogP contribution in [0.1, 0.15) is 5.56 Å². The second-order valence-corrected chi connectivity index (χ2v) is 3.04. The van der Waals surface area contributed by atoms with Crippen LogP contribution in [0.3, 0.4) is 0 Å². The number of halogens is 2. The van der Waals surface area contributed by atoms with Gasteiger partial charge in [-0.1, -0.05) is 11.6 Å². The van der Waals surface area contributed by atoms with Crippen LogP contribution in [0.5, 0.6) is 5.75 Å². The number of benzene rings is 1. The first kappa shape index (κ1) is 12.6. The highest BCUT2D eigenvalue weighted by molar-refractivity contribution is 6.30. The lowest BCUT2D eigenvalue weighted by atomic mass is 10.2. The van der Waals surface area contributed by atoms with Gasteiger partial charge < -0.3 is 10.5 Å². The Morgan fingerprint density at radius 2 is 2.08 bits per heavy atom. The summed E-state index contributed by atoms with van der Waals surface area (Å²) in [6, 6.07) is 5.60. The van der Waals surface area contributed by atoms with Gasteiger partial charge in [-0.05, 0) is 30.7 Å². The van der Waals surface area contributed by atoms with E-state index in [9.17, 15) is 0 Å². The molecule has 0 saturated heterocycles. The molecule has 1 aromatic rings. The minimum atomic E-state index is 0. The van der Waals surface area contributed by atoms with Crippen LogP contribution in [0.25, 0.3) is 0 Å². The van der Waals surface area contributed by atoms with E-state index in [1.165, 1.54) is 0 Å². The van der Waals surface area contributed by atoms with E-state index in [1.54, 1.807) is 6.07 Å². The van der Waals surface area contributed by atoms with Gasteiger partial charge in [0.15, 0.2) is 0 Å². The molecule has 13 heavy (non-hydrogen) atoms. The predicted octanol–water partition coefficient (Wildman–Crippen LogP) is 2.41. The molecule has 0 saturated carbocycles. The van der Waals surface area contributed by atoms with Gasteiger partial charge in [-0.15, -0.1) is 12.4 Å². The molecule has 0 unspecified atom stereocenters. The Bertz CT molecular complexity index is 246. The molecule has 0 atom stereocenters. The first-order valence-corrected chi connectivity index (χ1v) is 4.20. The SMILES string of the molecule is Cc1cc(Cl)cc(OCCN)c1.Cl. The van der Waals surface area contributed by atoms with Crippen molar-refractivity contribution in [2.24, 2.45) is 5.73 Å². The Labute approximate surface area is 89.4 Å². The largest absolute Gasteiger partial charge is 0.492 e. The van der Waals surface area contributed by atoms with Gasteiger partial charge in [-0.25, -0.2) is 0 Å². The fourth-order valence-electron chi connectivity index (χ4n) is 0.963. The summed E-state index contributed by atoms with van der Waals surface area (Å²) in [7, 11) is 0. The summed E-state index contributed by atoms with van der Waals surface area (Å²) in [5, 5.41) is 0.696. The third-order valence-electron chi connectivity index (χ3n) is 1.40. The molecule has 74 valence electrons. The summed E-state index contributed by atoms with van der Waals surface area (Å²) in [6.45, 7) is 3.02. The van der Waals surface area contributed by atoms with Gasteiger partial charge >= 0.3 is 0 Å². The van der Waals surface area contributed by atoms with Crippen molar-refractivity contribution in [3.05, 3.63) is 28.8 Å². The summed E-state index contributed by atoms with van der Waals surface area (Å²) in [5.74, 6) is 0.783. The van der Waals surface area contributed by atoms with E-state index in [0.29, 0.717) is 18.2 Å². The van der Waals surface area contributed by atoms with E-state index in [2.05, 4.69) is 0 Å². The smallest absolute Gasteiger partial charge is 0.121 e. The second kappa shape index (κ2) is 6.08. The molecule has 4 heteroatoms. The normalized spacial score (nSPS) is 9.15. The molecule has 0 heterocycles. The number of aryl methyl sites for hydroxylation is 1. The zero-order valence-electron chi connectivity index (χ0n) is 7.42. The van der Waals surface area contributed by atoms with Crippen LogP contribution in [-0.4, -0.2) is 13.2 Å². The topological polar surface area (TPSA) is 35.2 Å². The molecular weight excluding hydrogens is 209 g/mol. The minimum Gasteiger partial charge on any atom is -0.492 e. The zero-order chi connectivity index (χ0) is 8.97. The van der Waals surface area contributed by atoms with Crippen molar-refractivity contribution < 1.29 is 4.74 Å². The highest BCUT2D eigenvalue weighted by atomic mass is 35.5. The van der Waals surface area contributed by atoms with E-state index >= 15 is 0 Å². The van der Waals surface area contributed by atoms with Crippen molar-refractivity contribution in [1.29, 1.82) is 0 Å². The number of hydrogen-bond acceptors (Lipinski definition) is 2. The third-order valence-corrected chi connectivity index (χ3v) is 1.62. The Kier molecular flexibility index (Phi) is 5.88. The lowest BCUT2D eigenvalue weighted by molar-refractivity contribution is 0.328. The first-order valence-electron chi connectivity index (χ1n) is 3.82. The Morgan fingerprint density at radius 1 is 1.38 bits per heavy atom. The Hall–Kier alpha value is -0.440. The van der Waals surface area contributed by atoms with Crippen molar-refractivity contribution in [3.8, 4) is 5.75 Å². The fourth-order valence-corrected chi connectivity index (χ4v) is 1.24. The number of nitrogens with two attached hydrogens (primary N) is 1. The number of hydrogen-bond donors (Lipinski definition) is 1. The third kappa shape index (κ3) is 4.36. The standard InChI is InChI=1S/C9H12ClNO.ClH/c1-7-4-8(10)6-9(5-7)12-3-2-11;/h4-6H,2-3,11H2,1H3;1H. The van der Waals surface area contributed by atoms with Gasteiger partial charge in [0.05, 0.1) is 0 Å².